The molecule has 0 N–H and O–H groups in total. The Balaban J connectivity index is 2.06. The number of carbonyl (C=O) groups excluding carboxylic acids is 1. The summed E-state index contributed by atoms with van der Waals surface area (Å²) in [6.45, 7) is 0.507. The first-order chi connectivity index (χ1) is 7.99. The van der Waals surface area contributed by atoms with E-state index in [1.807, 2.05) is 0 Å². The summed E-state index contributed by atoms with van der Waals surface area (Å²) in [6.07, 6.45) is 0.0323. The summed E-state index contributed by atoms with van der Waals surface area (Å²) < 4.78 is 44.5. The van der Waals surface area contributed by atoms with E-state index in [1.165, 1.54) is 6.08 Å². The summed E-state index contributed by atoms with van der Waals surface area (Å²) in [5.74, 6) is -0.519. The molecule has 0 aromatic heterocycles. The van der Waals surface area contributed by atoms with Gasteiger partial charge in [0.1, 0.15) is 6.29 Å². The molecule has 0 aromatic carbocycles. The maximum atomic E-state index is 13.0. The van der Waals surface area contributed by atoms with Crippen molar-refractivity contribution in [3.8, 4) is 0 Å². The topological polar surface area (TPSA) is 26.3 Å². The highest BCUT2D eigenvalue weighted by Crippen LogP contribution is 2.60. The highest BCUT2D eigenvalue weighted by atomic mass is 19.4. The predicted molar refractivity (Wildman–Crippen MR) is 53.2 cm³/mol. The Hall–Kier alpha value is -1.10. The van der Waals surface area contributed by atoms with Crippen LogP contribution in [-0.2, 0) is 9.53 Å². The zero-order chi connectivity index (χ0) is 12.3. The molecule has 0 amide bonds. The highest BCUT2D eigenvalue weighted by molar-refractivity contribution is 5.80. The number of carbonyl (C=O) groups is 1. The largest absolute Gasteiger partial charge is 0.413 e. The molecule has 5 heteroatoms. The summed E-state index contributed by atoms with van der Waals surface area (Å²) in [6, 6.07) is 0. The summed E-state index contributed by atoms with van der Waals surface area (Å²) >= 11 is 0. The average molecular weight is 244 g/mol. The van der Waals surface area contributed by atoms with E-state index in [0.29, 0.717) is 13.0 Å². The Labute approximate surface area is 96.1 Å². The van der Waals surface area contributed by atoms with Gasteiger partial charge in [0.15, 0.2) is 0 Å². The van der Waals surface area contributed by atoms with Gasteiger partial charge in [0, 0.05) is 23.7 Å². The van der Waals surface area contributed by atoms with Gasteiger partial charge in [-0.15, -0.1) is 0 Å². The third kappa shape index (κ3) is 1.29. The predicted octanol–water partition coefficient (Wildman–Crippen LogP) is 2.41. The molecule has 1 saturated carbocycles. The maximum Gasteiger partial charge on any atom is 0.413 e. The Morgan fingerprint density at radius 3 is 2.82 bits per heavy atom. The Morgan fingerprint density at radius 1 is 1.47 bits per heavy atom. The van der Waals surface area contributed by atoms with Crippen molar-refractivity contribution in [2.24, 2.45) is 11.8 Å². The van der Waals surface area contributed by atoms with Gasteiger partial charge in [0.05, 0.1) is 5.60 Å². The van der Waals surface area contributed by atoms with Crippen LogP contribution in [0.25, 0.3) is 0 Å². The van der Waals surface area contributed by atoms with Crippen LogP contribution in [0.2, 0.25) is 0 Å². The number of ether oxygens (including phenoxy) is 1. The summed E-state index contributed by atoms with van der Waals surface area (Å²) in [4.78, 5) is 10.7. The number of alkyl halides is 3. The first kappa shape index (κ1) is 11.0. The molecule has 3 rings (SSSR count). The first-order valence-electron chi connectivity index (χ1n) is 5.59. The Kier molecular flexibility index (Phi) is 2.09. The Bertz CT molecular complexity index is 436. The van der Waals surface area contributed by atoms with E-state index >= 15 is 0 Å². The highest BCUT2D eigenvalue weighted by Gasteiger charge is 2.63. The van der Waals surface area contributed by atoms with Gasteiger partial charge in [-0.1, -0.05) is 12.2 Å². The molecule has 0 aromatic rings. The lowest BCUT2D eigenvalue weighted by Gasteiger charge is -2.52. The van der Waals surface area contributed by atoms with E-state index in [2.05, 4.69) is 0 Å². The molecule has 1 heterocycles. The molecular weight excluding hydrogens is 233 g/mol. The number of aldehydes is 1. The van der Waals surface area contributed by atoms with Crippen LogP contribution in [0.3, 0.4) is 0 Å². The first-order valence-corrected chi connectivity index (χ1v) is 5.59. The molecule has 3 aliphatic rings. The van der Waals surface area contributed by atoms with Crippen LogP contribution < -0.4 is 0 Å². The maximum absolute atomic E-state index is 13.0. The van der Waals surface area contributed by atoms with Gasteiger partial charge in [-0.05, 0) is 18.8 Å². The molecule has 17 heavy (non-hydrogen) atoms. The van der Waals surface area contributed by atoms with Crippen LogP contribution in [0.1, 0.15) is 12.8 Å². The second-order valence-electron chi connectivity index (χ2n) is 4.79. The van der Waals surface area contributed by atoms with Crippen LogP contribution in [0, 0.1) is 11.8 Å². The second-order valence-corrected chi connectivity index (χ2v) is 4.79. The van der Waals surface area contributed by atoms with Crippen LogP contribution in [0.15, 0.2) is 23.3 Å². The van der Waals surface area contributed by atoms with Gasteiger partial charge >= 0.3 is 6.18 Å². The monoisotopic (exact) mass is 244 g/mol. The molecule has 92 valence electrons. The number of hydrogen-bond donors (Lipinski definition) is 0. The minimum atomic E-state index is -4.45. The van der Waals surface area contributed by atoms with E-state index in [9.17, 15) is 18.0 Å². The van der Waals surface area contributed by atoms with Crippen molar-refractivity contribution in [2.75, 3.05) is 6.61 Å². The lowest BCUT2D eigenvalue weighted by molar-refractivity contribution is -0.144. The Morgan fingerprint density at radius 2 is 2.24 bits per heavy atom. The summed E-state index contributed by atoms with van der Waals surface area (Å²) in [5, 5.41) is 0. The van der Waals surface area contributed by atoms with Crippen LogP contribution in [0.4, 0.5) is 13.2 Å². The normalized spacial score (nSPS) is 39.7. The van der Waals surface area contributed by atoms with E-state index < -0.39 is 23.3 Å². The SMILES string of the molecule is O=CC1=C(C(F)(F)F)C2CC3CCOC32C=C1. The fraction of sp³-hybridized carbons (Fsp3) is 0.583. The molecule has 3 atom stereocenters. The molecular formula is C12H11F3O2. The van der Waals surface area contributed by atoms with E-state index in [0.717, 1.165) is 6.42 Å². The van der Waals surface area contributed by atoms with E-state index in [1.54, 1.807) is 6.08 Å². The molecule has 2 fully saturated rings. The van der Waals surface area contributed by atoms with Crippen LogP contribution in [-0.4, -0.2) is 24.7 Å². The molecule has 1 saturated heterocycles. The fourth-order valence-electron chi connectivity index (χ4n) is 3.34. The quantitative estimate of drug-likeness (QED) is 0.662. The molecule has 0 bridgehead atoms. The molecule has 1 aliphatic heterocycles. The van der Waals surface area contributed by atoms with Crippen molar-refractivity contribution in [2.45, 2.75) is 24.6 Å². The van der Waals surface area contributed by atoms with Crippen molar-refractivity contribution < 1.29 is 22.7 Å². The van der Waals surface area contributed by atoms with E-state index in [4.69, 9.17) is 4.74 Å². The summed E-state index contributed by atoms with van der Waals surface area (Å²) in [5.41, 5.74) is -1.73. The number of hydrogen-bond acceptors (Lipinski definition) is 2. The summed E-state index contributed by atoms with van der Waals surface area (Å²) in [7, 11) is 0. The molecule has 0 radical (unpaired) electrons. The van der Waals surface area contributed by atoms with Crippen molar-refractivity contribution >= 4 is 6.29 Å². The lowest BCUT2D eigenvalue weighted by atomic mass is 9.56. The third-order valence-electron chi connectivity index (χ3n) is 4.14. The number of halogens is 3. The van der Waals surface area contributed by atoms with Gasteiger partial charge in [-0.2, -0.15) is 13.2 Å². The molecule has 3 unspecified atom stereocenters. The minimum absolute atomic E-state index is 0.175. The van der Waals surface area contributed by atoms with Gasteiger partial charge in [0.2, 0.25) is 0 Å². The van der Waals surface area contributed by atoms with Crippen molar-refractivity contribution in [3.63, 3.8) is 0 Å². The van der Waals surface area contributed by atoms with Gasteiger partial charge in [-0.3, -0.25) is 4.79 Å². The lowest BCUT2D eigenvalue weighted by Crippen LogP contribution is -2.56. The molecule has 1 spiro atoms. The molecule has 2 aliphatic carbocycles. The zero-order valence-corrected chi connectivity index (χ0v) is 8.96. The van der Waals surface area contributed by atoms with Gasteiger partial charge in [-0.25, -0.2) is 0 Å². The number of rotatable bonds is 1. The standard InChI is InChI=1S/C12H11F3O2/c13-12(14,15)10-7(6-16)1-3-11-8(2-4-17-11)5-9(10)11/h1,3,6,8-9H,2,4-5H2. The van der Waals surface area contributed by atoms with Crippen molar-refractivity contribution in [1.29, 1.82) is 0 Å². The fourth-order valence-corrected chi connectivity index (χ4v) is 3.34. The van der Waals surface area contributed by atoms with Crippen molar-refractivity contribution in [3.05, 3.63) is 23.3 Å². The van der Waals surface area contributed by atoms with Crippen molar-refractivity contribution in [1.82, 2.24) is 0 Å². The number of allylic oxidation sites excluding steroid dienone is 2. The van der Waals surface area contributed by atoms with Gasteiger partial charge in [0.25, 0.3) is 0 Å². The van der Waals surface area contributed by atoms with Crippen LogP contribution >= 0.6 is 0 Å². The second kappa shape index (κ2) is 3.22. The van der Waals surface area contributed by atoms with Crippen LogP contribution in [0.5, 0.6) is 0 Å². The third-order valence-corrected chi connectivity index (χ3v) is 4.14. The average Bonchev–Trinajstić information content (AvgIpc) is 2.53. The zero-order valence-electron chi connectivity index (χ0n) is 8.96. The minimum Gasteiger partial charge on any atom is -0.370 e. The molecule has 2 nitrogen and oxygen atoms in total. The smallest absolute Gasteiger partial charge is 0.370 e. The van der Waals surface area contributed by atoms with Gasteiger partial charge < -0.3 is 4.74 Å². The van der Waals surface area contributed by atoms with E-state index in [-0.39, 0.29) is 17.8 Å².